The molecule has 0 unspecified atom stereocenters. The molecule has 0 atom stereocenters. The molecule has 0 spiro atoms. The third kappa shape index (κ3) is 4.29. The standard InChI is InChI=1S/C17H18ClFN2O/c1-12-14(18)7-5-9-16(12)20-17(22)11-21(2)10-13-6-3-4-8-15(13)19/h3-9H,10-11H2,1-2H3,(H,20,22). The van der Waals surface area contributed by atoms with Gasteiger partial charge in [0.05, 0.1) is 6.54 Å². The maximum atomic E-state index is 13.6. The number of nitrogens with zero attached hydrogens (tertiary/aromatic N) is 1. The highest BCUT2D eigenvalue weighted by atomic mass is 35.5. The Hall–Kier alpha value is -1.91. The monoisotopic (exact) mass is 320 g/mol. The number of hydrogen-bond donors (Lipinski definition) is 1. The van der Waals surface area contributed by atoms with E-state index in [-0.39, 0.29) is 18.3 Å². The summed E-state index contributed by atoms with van der Waals surface area (Å²) in [4.78, 5) is 13.8. The van der Waals surface area contributed by atoms with Gasteiger partial charge >= 0.3 is 0 Å². The SMILES string of the molecule is Cc1c(Cl)cccc1NC(=O)CN(C)Cc1ccccc1F. The summed E-state index contributed by atoms with van der Waals surface area (Å²) in [5, 5.41) is 3.43. The van der Waals surface area contributed by atoms with Crippen LogP contribution in [-0.2, 0) is 11.3 Å². The summed E-state index contributed by atoms with van der Waals surface area (Å²) in [5.41, 5.74) is 2.09. The van der Waals surface area contributed by atoms with E-state index in [0.29, 0.717) is 22.8 Å². The van der Waals surface area contributed by atoms with Gasteiger partial charge in [-0.15, -0.1) is 0 Å². The van der Waals surface area contributed by atoms with Crippen molar-refractivity contribution in [1.82, 2.24) is 4.90 Å². The number of halogens is 2. The maximum absolute atomic E-state index is 13.6. The van der Waals surface area contributed by atoms with Crippen molar-refractivity contribution in [3.63, 3.8) is 0 Å². The molecule has 2 rings (SSSR count). The van der Waals surface area contributed by atoms with Crippen molar-refractivity contribution in [3.05, 3.63) is 64.4 Å². The van der Waals surface area contributed by atoms with E-state index in [2.05, 4.69) is 5.32 Å². The molecule has 0 heterocycles. The average molecular weight is 321 g/mol. The summed E-state index contributed by atoms with van der Waals surface area (Å²) in [7, 11) is 1.77. The van der Waals surface area contributed by atoms with Crippen molar-refractivity contribution in [2.75, 3.05) is 18.9 Å². The van der Waals surface area contributed by atoms with Gasteiger partial charge in [0.1, 0.15) is 5.82 Å². The molecule has 22 heavy (non-hydrogen) atoms. The summed E-state index contributed by atoms with van der Waals surface area (Å²) in [6.07, 6.45) is 0. The molecule has 0 aliphatic heterocycles. The zero-order valence-electron chi connectivity index (χ0n) is 12.6. The highest BCUT2D eigenvalue weighted by molar-refractivity contribution is 6.31. The molecule has 0 aromatic heterocycles. The van der Waals surface area contributed by atoms with Crippen LogP contribution in [0.4, 0.5) is 10.1 Å². The van der Waals surface area contributed by atoms with Crippen molar-refractivity contribution in [1.29, 1.82) is 0 Å². The van der Waals surface area contributed by atoms with Crippen molar-refractivity contribution in [2.24, 2.45) is 0 Å². The van der Waals surface area contributed by atoms with Gasteiger partial charge in [0.15, 0.2) is 0 Å². The second kappa shape index (κ2) is 7.38. The first kappa shape index (κ1) is 16.5. The fourth-order valence-electron chi connectivity index (χ4n) is 2.15. The van der Waals surface area contributed by atoms with Crippen LogP contribution < -0.4 is 5.32 Å². The van der Waals surface area contributed by atoms with Crippen LogP contribution in [-0.4, -0.2) is 24.4 Å². The highest BCUT2D eigenvalue weighted by Gasteiger charge is 2.11. The van der Waals surface area contributed by atoms with Gasteiger partial charge in [-0.05, 0) is 37.7 Å². The predicted molar refractivity (Wildman–Crippen MR) is 87.6 cm³/mol. The topological polar surface area (TPSA) is 32.3 Å². The van der Waals surface area contributed by atoms with Crippen LogP contribution in [0.2, 0.25) is 5.02 Å². The first-order chi connectivity index (χ1) is 10.5. The van der Waals surface area contributed by atoms with E-state index in [4.69, 9.17) is 11.6 Å². The van der Waals surface area contributed by atoms with Gasteiger partial charge < -0.3 is 5.32 Å². The number of amides is 1. The van der Waals surface area contributed by atoms with Crippen LogP contribution in [0.5, 0.6) is 0 Å². The van der Waals surface area contributed by atoms with E-state index in [0.717, 1.165) is 5.56 Å². The number of carbonyl (C=O) groups excluding carboxylic acids is 1. The minimum absolute atomic E-state index is 0.163. The molecule has 0 saturated carbocycles. The van der Waals surface area contributed by atoms with Crippen molar-refractivity contribution < 1.29 is 9.18 Å². The summed E-state index contributed by atoms with van der Waals surface area (Å²) in [6.45, 7) is 2.38. The van der Waals surface area contributed by atoms with Gasteiger partial charge in [-0.2, -0.15) is 0 Å². The smallest absolute Gasteiger partial charge is 0.238 e. The molecule has 0 radical (unpaired) electrons. The molecule has 3 nitrogen and oxygen atoms in total. The number of hydrogen-bond acceptors (Lipinski definition) is 2. The summed E-state index contributed by atoms with van der Waals surface area (Å²) in [5.74, 6) is -0.426. The minimum Gasteiger partial charge on any atom is -0.325 e. The number of anilines is 1. The summed E-state index contributed by atoms with van der Waals surface area (Å²) in [6, 6.07) is 11.9. The lowest BCUT2D eigenvalue weighted by Crippen LogP contribution is -2.30. The van der Waals surface area contributed by atoms with Crippen LogP contribution in [0.25, 0.3) is 0 Å². The molecule has 2 aromatic rings. The third-order valence-corrected chi connectivity index (χ3v) is 3.76. The first-order valence-electron chi connectivity index (χ1n) is 6.94. The largest absolute Gasteiger partial charge is 0.325 e. The molecular weight excluding hydrogens is 303 g/mol. The predicted octanol–water partition coefficient (Wildman–Crippen LogP) is 3.86. The van der Waals surface area contributed by atoms with Gasteiger partial charge in [0.2, 0.25) is 5.91 Å². The Kier molecular flexibility index (Phi) is 5.52. The number of nitrogens with one attached hydrogen (secondary N) is 1. The quantitative estimate of drug-likeness (QED) is 0.907. The van der Waals surface area contributed by atoms with Gasteiger partial charge in [-0.25, -0.2) is 4.39 Å². The van der Waals surface area contributed by atoms with Gasteiger partial charge in [-0.3, -0.25) is 9.69 Å². The van der Waals surface area contributed by atoms with Crippen LogP contribution in [0.15, 0.2) is 42.5 Å². The molecule has 0 fully saturated rings. The first-order valence-corrected chi connectivity index (χ1v) is 7.32. The Morgan fingerprint density at radius 2 is 1.95 bits per heavy atom. The van der Waals surface area contributed by atoms with Crippen LogP contribution in [0, 0.1) is 12.7 Å². The lowest BCUT2D eigenvalue weighted by atomic mass is 10.2. The number of carbonyl (C=O) groups is 1. The molecular formula is C17H18ClFN2O. The van der Waals surface area contributed by atoms with Crippen molar-refractivity contribution in [2.45, 2.75) is 13.5 Å². The van der Waals surface area contributed by atoms with Crippen molar-refractivity contribution in [3.8, 4) is 0 Å². The molecule has 0 bridgehead atoms. The minimum atomic E-state index is -0.263. The molecule has 1 amide bonds. The molecule has 0 aliphatic carbocycles. The second-order valence-electron chi connectivity index (χ2n) is 5.22. The Balaban J connectivity index is 1.94. The molecule has 0 aliphatic rings. The summed E-state index contributed by atoms with van der Waals surface area (Å²) >= 11 is 6.02. The number of benzene rings is 2. The van der Waals surface area contributed by atoms with E-state index in [1.165, 1.54) is 6.07 Å². The Labute approximate surface area is 134 Å². The molecule has 1 N–H and O–H groups in total. The summed E-state index contributed by atoms with van der Waals surface area (Å²) < 4.78 is 13.6. The third-order valence-electron chi connectivity index (χ3n) is 3.35. The van der Waals surface area contributed by atoms with Crippen LogP contribution in [0.1, 0.15) is 11.1 Å². The number of likely N-dealkylation sites (N-methyl/N-ethyl adjacent to an activating group) is 1. The average Bonchev–Trinajstić information content (AvgIpc) is 2.46. The Bertz CT molecular complexity index is 675. The van der Waals surface area contributed by atoms with Gasteiger partial charge in [0.25, 0.3) is 0 Å². The van der Waals surface area contributed by atoms with E-state index < -0.39 is 0 Å². The normalized spacial score (nSPS) is 10.8. The lowest BCUT2D eigenvalue weighted by molar-refractivity contribution is -0.117. The molecule has 2 aromatic carbocycles. The zero-order valence-corrected chi connectivity index (χ0v) is 13.3. The second-order valence-corrected chi connectivity index (χ2v) is 5.63. The molecule has 116 valence electrons. The van der Waals surface area contributed by atoms with Crippen LogP contribution >= 0.6 is 11.6 Å². The lowest BCUT2D eigenvalue weighted by Gasteiger charge is -2.17. The van der Waals surface area contributed by atoms with E-state index in [1.54, 1.807) is 48.3 Å². The van der Waals surface area contributed by atoms with Crippen LogP contribution in [0.3, 0.4) is 0 Å². The van der Waals surface area contributed by atoms with Gasteiger partial charge in [0, 0.05) is 22.8 Å². The number of rotatable bonds is 5. The van der Waals surface area contributed by atoms with Crippen molar-refractivity contribution >= 4 is 23.2 Å². The fraction of sp³-hybridized carbons (Fsp3) is 0.235. The highest BCUT2D eigenvalue weighted by Crippen LogP contribution is 2.22. The zero-order chi connectivity index (χ0) is 16.1. The fourth-order valence-corrected chi connectivity index (χ4v) is 2.33. The molecule has 0 saturated heterocycles. The maximum Gasteiger partial charge on any atom is 0.238 e. The van der Waals surface area contributed by atoms with E-state index in [9.17, 15) is 9.18 Å². The van der Waals surface area contributed by atoms with E-state index >= 15 is 0 Å². The Morgan fingerprint density at radius 3 is 2.68 bits per heavy atom. The Morgan fingerprint density at radius 1 is 1.23 bits per heavy atom. The van der Waals surface area contributed by atoms with Gasteiger partial charge in [-0.1, -0.05) is 35.9 Å². The van der Waals surface area contributed by atoms with E-state index in [1.807, 2.05) is 6.92 Å². The molecule has 5 heteroatoms.